The molecule has 14 N–H and O–H groups in total. The van der Waals surface area contributed by atoms with Crippen LogP contribution in [0.1, 0.15) is 0 Å². The van der Waals surface area contributed by atoms with Crippen LogP contribution in [0.25, 0.3) is 22.3 Å². The molecule has 21 heteroatoms. The van der Waals surface area contributed by atoms with E-state index in [0.29, 0.717) is 0 Å². The molecule has 21 nitrogen and oxygen atoms in total. The number of aliphatic hydroxyl groups excluding tert-OH is 12. The maximum atomic E-state index is 10.8. The third kappa shape index (κ3) is 7.58. The highest BCUT2D eigenvalue weighted by atomic mass is 16.7. The maximum absolute atomic E-state index is 10.8. The second-order valence-electron chi connectivity index (χ2n) is 12.9. The molecule has 2 aromatic carbocycles. The zero-order chi connectivity index (χ0) is 39.2. The quantitative estimate of drug-likeness (QED) is 0.0861. The molecule has 0 bridgehead atoms. The van der Waals surface area contributed by atoms with Crippen molar-refractivity contribution in [1.82, 2.24) is 0 Å². The summed E-state index contributed by atoms with van der Waals surface area (Å²) in [6, 6.07) is 6.96. The average molecular weight is 774 g/mol. The molecule has 15 unspecified atom stereocenters. The van der Waals surface area contributed by atoms with E-state index in [1.807, 2.05) is 0 Å². The van der Waals surface area contributed by atoms with Gasteiger partial charge in [-0.25, -0.2) is 4.42 Å². The van der Waals surface area contributed by atoms with Gasteiger partial charge in [-0.2, -0.15) is 0 Å². The van der Waals surface area contributed by atoms with Crippen LogP contribution >= 0.6 is 0 Å². The summed E-state index contributed by atoms with van der Waals surface area (Å²) >= 11 is 0. The van der Waals surface area contributed by atoms with Crippen LogP contribution in [0, 0.1) is 0 Å². The van der Waals surface area contributed by atoms with Crippen LogP contribution in [0.15, 0.2) is 40.8 Å². The third-order valence-electron chi connectivity index (χ3n) is 9.30. The first-order valence-corrected chi connectivity index (χ1v) is 16.6. The lowest BCUT2D eigenvalue weighted by atomic mass is 9.99. The Morgan fingerprint density at radius 1 is 0.500 bits per heavy atom. The molecule has 54 heavy (non-hydrogen) atoms. The van der Waals surface area contributed by atoms with Gasteiger partial charge in [0.15, 0.2) is 11.5 Å². The van der Waals surface area contributed by atoms with E-state index in [1.165, 1.54) is 12.1 Å². The summed E-state index contributed by atoms with van der Waals surface area (Å²) < 4.78 is 39.8. The lowest BCUT2D eigenvalue weighted by Gasteiger charge is -2.39. The monoisotopic (exact) mass is 773 g/mol. The van der Waals surface area contributed by atoms with Crippen LogP contribution in [0.5, 0.6) is 28.7 Å². The van der Waals surface area contributed by atoms with E-state index in [1.54, 1.807) is 0 Å². The second kappa shape index (κ2) is 16.2. The molecule has 3 aliphatic heterocycles. The van der Waals surface area contributed by atoms with E-state index in [-0.39, 0.29) is 33.8 Å². The third-order valence-corrected chi connectivity index (χ3v) is 9.30. The minimum atomic E-state index is -1.92. The molecule has 0 saturated carbocycles. The van der Waals surface area contributed by atoms with Gasteiger partial charge in [0.2, 0.25) is 24.6 Å². The standard InChI is InChI=1S/C33H40O21/c34-7-18-21(39)24(42)27(45)31(52-18)49-15-5-11(37)4-14-12(15)6-17(51-33-29(47)26(44)23(41)20(9-36)54-33)30(48-14)10-1-2-13(38)16(3-10)50-32-28(46)25(43)22(40)19(8-35)53-32/h1-6,18-29,31-36,39-47H,7-9H2,(H-,37,38)/p+1. The first kappa shape index (κ1) is 39.9. The van der Waals surface area contributed by atoms with Gasteiger partial charge in [0.1, 0.15) is 90.1 Å². The van der Waals surface area contributed by atoms with E-state index in [4.69, 9.17) is 32.8 Å². The van der Waals surface area contributed by atoms with Gasteiger partial charge in [-0.15, -0.1) is 0 Å². The van der Waals surface area contributed by atoms with Gasteiger partial charge >= 0.3 is 11.3 Å². The van der Waals surface area contributed by atoms with Crippen molar-refractivity contribution >= 4 is 11.0 Å². The Morgan fingerprint density at radius 2 is 0.944 bits per heavy atom. The van der Waals surface area contributed by atoms with Crippen LogP contribution in [-0.2, 0) is 14.2 Å². The van der Waals surface area contributed by atoms with Crippen LogP contribution < -0.4 is 14.2 Å². The SMILES string of the molecule is OCC1OC(Oc2cc(-c3[o+]c4cc(O)cc(OC5OC(CO)C(O)C(O)C5O)c4cc3OC3OC(CO)C(O)C(O)C3O)ccc2O)C(O)C(O)C1O. The molecular formula is C33H41O21+. The summed E-state index contributed by atoms with van der Waals surface area (Å²) in [7, 11) is 0. The molecule has 298 valence electrons. The molecule has 4 heterocycles. The Hall–Kier alpha value is -3.75. The predicted octanol–water partition coefficient (Wildman–Crippen LogP) is -4.67. The molecule has 1 aromatic heterocycles. The van der Waals surface area contributed by atoms with Gasteiger partial charge in [-0.1, -0.05) is 0 Å². The number of hydrogen-bond donors (Lipinski definition) is 14. The first-order valence-electron chi connectivity index (χ1n) is 16.6. The fourth-order valence-electron chi connectivity index (χ4n) is 6.18. The molecule has 0 radical (unpaired) electrons. The molecule has 0 aliphatic carbocycles. The average Bonchev–Trinajstić information content (AvgIpc) is 3.16. The van der Waals surface area contributed by atoms with Gasteiger partial charge in [0, 0.05) is 18.2 Å². The summed E-state index contributed by atoms with van der Waals surface area (Å²) in [4.78, 5) is 0. The van der Waals surface area contributed by atoms with E-state index in [2.05, 4.69) is 0 Å². The summed E-state index contributed by atoms with van der Waals surface area (Å²) in [5.41, 5.74) is -0.149. The van der Waals surface area contributed by atoms with Crippen molar-refractivity contribution in [3.8, 4) is 40.1 Å². The summed E-state index contributed by atoms with van der Waals surface area (Å²) in [5.74, 6) is -2.25. The van der Waals surface area contributed by atoms with Crippen molar-refractivity contribution in [2.24, 2.45) is 0 Å². The Balaban J connectivity index is 1.43. The fraction of sp³-hybridized carbons (Fsp3) is 0.545. The molecule has 3 aliphatic rings. The molecule has 3 fully saturated rings. The number of ether oxygens (including phenoxy) is 6. The largest absolute Gasteiger partial charge is 0.507 e. The minimum Gasteiger partial charge on any atom is -0.507 e. The number of fused-ring (bicyclic) bond motifs is 1. The first-order chi connectivity index (χ1) is 25.7. The number of aliphatic hydroxyl groups is 12. The summed E-state index contributed by atoms with van der Waals surface area (Å²) in [6.07, 6.45) is -25.6. The summed E-state index contributed by atoms with van der Waals surface area (Å²) in [6.45, 7) is -2.33. The van der Waals surface area contributed by atoms with E-state index < -0.39 is 129 Å². The van der Waals surface area contributed by atoms with Crippen molar-refractivity contribution in [2.45, 2.75) is 92.1 Å². The molecular weight excluding hydrogens is 732 g/mol. The van der Waals surface area contributed by atoms with E-state index in [9.17, 15) is 71.5 Å². The van der Waals surface area contributed by atoms with Crippen molar-refractivity contribution in [3.05, 3.63) is 36.4 Å². The number of hydrogen-bond acceptors (Lipinski definition) is 20. The zero-order valence-corrected chi connectivity index (χ0v) is 27.9. The molecule has 3 saturated heterocycles. The topological polar surface area (TPSA) is 350 Å². The summed E-state index contributed by atoms with van der Waals surface area (Å²) in [5, 5.41) is 144. The molecule has 6 rings (SSSR count). The van der Waals surface area contributed by atoms with Crippen molar-refractivity contribution in [3.63, 3.8) is 0 Å². The van der Waals surface area contributed by atoms with Crippen LogP contribution in [-0.4, -0.2) is 183 Å². The lowest BCUT2D eigenvalue weighted by Crippen LogP contribution is -2.60. The van der Waals surface area contributed by atoms with Crippen molar-refractivity contribution in [2.75, 3.05) is 19.8 Å². The maximum Gasteiger partial charge on any atom is 0.402 e. The minimum absolute atomic E-state index is 0.00799. The smallest absolute Gasteiger partial charge is 0.402 e. The molecule has 0 spiro atoms. The number of aromatic hydroxyl groups is 2. The highest BCUT2D eigenvalue weighted by Gasteiger charge is 2.48. The normalized spacial score (nSPS) is 37.2. The molecule has 0 amide bonds. The Labute approximate surface area is 303 Å². The van der Waals surface area contributed by atoms with Gasteiger partial charge in [-0.3, -0.25) is 0 Å². The van der Waals surface area contributed by atoms with E-state index >= 15 is 0 Å². The van der Waals surface area contributed by atoms with Crippen molar-refractivity contribution in [1.29, 1.82) is 0 Å². The highest BCUT2D eigenvalue weighted by molar-refractivity contribution is 5.89. The van der Waals surface area contributed by atoms with Gasteiger partial charge < -0.3 is 99.9 Å². The zero-order valence-electron chi connectivity index (χ0n) is 27.9. The molecule has 3 aromatic rings. The predicted molar refractivity (Wildman–Crippen MR) is 173 cm³/mol. The number of benzene rings is 2. The number of rotatable bonds is 10. The lowest BCUT2D eigenvalue weighted by molar-refractivity contribution is -0.277. The fourth-order valence-corrected chi connectivity index (χ4v) is 6.18. The van der Waals surface area contributed by atoms with Crippen LogP contribution in [0.3, 0.4) is 0 Å². The Kier molecular flexibility index (Phi) is 11.9. The van der Waals surface area contributed by atoms with Gasteiger partial charge in [-0.05, 0) is 12.1 Å². The van der Waals surface area contributed by atoms with Crippen LogP contribution in [0.4, 0.5) is 0 Å². The van der Waals surface area contributed by atoms with Gasteiger partial charge in [0.05, 0.1) is 31.5 Å². The van der Waals surface area contributed by atoms with Gasteiger partial charge in [0.25, 0.3) is 0 Å². The number of phenols is 2. The second-order valence-corrected chi connectivity index (χ2v) is 12.9. The highest BCUT2D eigenvalue weighted by Crippen LogP contribution is 2.44. The van der Waals surface area contributed by atoms with Crippen molar-refractivity contribution < 1.29 is 104 Å². The number of phenolic OH excluding ortho intramolecular Hbond substituents is 2. The Morgan fingerprint density at radius 3 is 1.41 bits per heavy atom. The van der Waals surface area contributed by atoms with Crippen LogP contribution in [0.2, 0.25) is 0 Å². The molecule has 15 atom stereocenters. The van der Waals surface area contributed by atoms with E-state index in [0.717, 1.165) is 24.3 Å². The Bertz CT molecular complexity index is 1750.